The molecule has 0 spiro atoms. The Kier molecular flexibility index (Phi) is 5.78. The fraction of sp³-hybridized carbons (Fsp3) is 0.385. The standard InChI is InChI=1S/C13H12F3NO3S/c1-7(18)21-6-11(19)12(20)9-2-8(5-17)3-10(4-9)13(14,15)16/h2-4,11-12,19-20H,6H2,1H3. The number of aliphatic hydroxyl groups is 2. The van der Waals surface area contributed by atoms with Crippen molar-refractivity contribution >= 4 is 16.9 Å². The Morgan fingerprint density at radius 2 is 2.00 bits per heavy atom. The average Bonchev–Trinajstić information content (AvgIpc) is 2.42. The lowest BCUT2D eigenvalue weighted by atomic mass is 9.99. The smallest absolute Gasteiger partial charge is 0.389 e. The number of nitrogens with zero attached hydrogens (tertiary/aromatic N) is 1. The quantitative estimate of drug-likeness (QED) is 0.889. The van der Waals surface area contributed by atoms with E-state index in [0.717, 1.165) is 17.8 Å². The number of carbonyl (C=O) groups excluding carboxylic acids is 1. The van der Waals surface area contributed by atoms with Gasteiger partial charge in [0.05, 0.1) is 23.3 Å². The van der Waals surface area contributed by atoms with Gasteiger partial charge in [-0.05, 0) is 23.8 Å². The molecule has 0 saturated heterocycles. The van der Waals surface area contributed by atoms with Crippen molar-refractivity contribution in [3.63, 3.8) is 0 Å². The molecule has 0 bridgehead atoms. The second-order valence-corrected chi connectivity index (χ2v) is 5.46. The number of halogens is 3. The van der Waals surface area contributed by atoms with Crippen molar-refractivity contribution in [3.05, 3.63) is 34.9 Å². The summed E-state index contributed by atoms with van der Waals surface area (Å²) >= 11 is 0.746. The number of carbonyl (C=O) groups is 1. The molecule has 4 nitrogen and oxygen atoms in total. The van der Waals surface area contributed by atoms with Gasteiger partial charge in [-0.25, -0.2) is 0 Å². The SMILES string of the molecule is CC(=O)SCC(O)C(O)c1cc(C#N)cc(C(F)(F)F)c1. The van der Waals surface area contributed by atoms with Gasteiger partial charge in [0.15, 0.2) is 5.12 Å². The summed E-state index contributed by atoms with van der Waals surface area (Å²) in [5, 5.41) is 28.0. The third kappa shape index (κ3) is 5.04. The van der Waals surface area contributed by atoms with Gasteiger partial charge in [-0.15, -0.1) is 0 Å². The molecule has 1 aromatic rings. The van der Waals surface area contributed by atoms with Crippen LogP contribution in [0.25, 0.3) is 0 Å². The van der Waals surface area contributed by atoms with Crippen LogP contribution in [0, 0.1) is 11.3 Å². The lowest BCUT2D eigenvalue weighted by Gasteiger charge is -2.19. The number of benzene rings is 1. The molecule has 8 heteroatoms. The third-order valence-corrected chi connectivity index (χ3v) is 3.49. The van der Waals surface area contributed by atoms with Crippen LogP contribution in [0.1, 0.15) is 29.7 Å². The Bertz CT molecular complexity index is 569. The summed E-state index contributed by atoms with van der Waals surface area (Å²) in [6, 6.07) is 3.98. The molecule has 2 N–H and O–H groups in total. The lowest BCUT2D eigenvalue weighted by molar-refractivity contribution is -0.137. The number of aliphatic hydroxyl groups excluding tert-OH is 2. The van der Waals surface area contributed by atoms with E-state index in [2.05, 4.69) is 0 Å². The summed E-state index contributed by atoms with van der Waals surface area (Å²) in [5.41, 5.74) is -1.58. The van der Waals surface area contributed by atoms with Gasteiger partial charge in [0.25, 0.3) is 0 Å². The maximum Gasteiger partial charge on any atom is 0.416 e. The molecule has 2 atom stereocenters. The van der Waals surface area contributed by atoms with Gasteiger partial charge in [0.1, 0.15) is 6.10 Å². The minimum Gasteiger partial charge on any atom is -0.389 e. The fourth-order valence-corrected chi connectivity index (χ4v) is 2.15. The highest BCUT2D eigenvalue weighted by molar-refractivity contribution is 8.13. The monoisotopic (exact) mass is 319 g/mol. The molecule has 0 saturated carbocycles. The maximum atomic E-state index is 12.7. The first kappa shape index (κ1) is 17.5. The Labute approximate surface area is 123 Å². The van der Waals surface area contributed by atoms with E-state index in [1.54, 1.807) is 6.07 Å². The molecular formula is C13H12F3NO3S. The van der Waals surface area contributed by atoms with Gasteiger partial charge >= 0.3 is 6.18 Å². The lowest BCUT2D eigenvalue weighted by Crippen LogP contribution is -2.22. The molecule has 0 aliphatic rings. The van der Waals surface area contributed by atoms with E-state index < -0.39 is 23.9 Å². The topological polar surface area (TPSA) is 81.3 Å². The molecule has 2 unspecified atom stereocenters. The molecule has 0 radical (unpaired) electrons. The van der Waals surface area contributed by atoms with Crippen LogP contribution >= 0.6 is 11.8 Å². The van der Waals surface area contributed by atoms with Crippen LogP contribution in [-0.4, -0.2) is 27.2 Å². The molecule has 0 heterocycles. The van der Waals surface area contributed by atoms with Crippen LogP contribution in [0.3, 0.4) is 0 Å². The number of alkyl halides is 3. The van der Waals surface area contributed by atoms with Gasteiger partial charge < -0.3 is 10.2 Å². The van der Waals surface area contributed by atoms with Crippen LogP contribution in [-0.2, 0) is 11.0 Å². The van der Waals surface area contributed by atoms with Crippen LogP contribution in [0.2, 0.25) is 0 Å². The summed E-state index contributed by atoms with van der Waals surface area (Å²) in [6.07, 6.45) is -7.71. The van der Waals surface area contributed by atoms with Gasteiger partial charge in [-0.1, -0.05) is 11.8 Å². The summed E-state index contributed by atoms with van der Waals surface area (Å²) in [6.45, 7) is 1.27. The van der Waals surface area contributed by atoms with Crippen molar-refractivity contribution in [1.82, 2.24) is 0 Å². The summed E-state index contributed by atoms with van der Waals surface area (Å²) in [7, 11) is 0. The molecule has 0 fully saturated rings. The third-order valence-electron chi connectivity index (χ3n) is 2.58. The van der Waals surface area contributed by atoms with Crippen molar-refractivity contribution in [1.29, 1.82) is 5.26 Å². The first-order valence-corrected chi connectivity index (χ1v) is 6.75. The molecule has 0 aliphatic carbocycles. The number of thioether (sulfide) groups is 1. The van der Waals surface area contributed by atoms with E-state index in [9.17, 15) is 28.2 Å². The number of hydrogen-bond acceptors (Lipinski definition) is 5. The van der Waals surface area contributed by atoms with Gasteiger partial charge in [0.2, 0.25) is 0 Å². The second-order valence-electron chi connectivity index (χ2n) is 4.27. The van der Waals surface area contributed by atoms with Crippen molar-refractivity contribution in [2.45, 2.75) is 25.3 Å². The summed E-state index contributed by atoms with van der Waals surface area (Å²) in [4.78, 5) is 10.8. The van der Waals surface area contributed by atoms with Crippen molar-refractivity contribution in [2.75, 3.05) is 5.75 Å². The highest BCUT2D eigenvalue weighted by atomic mass is 32.2. The molecule has 0 amide bonds. The number of nitriles is 1. The Hall–Kier alpha value is -1.56. The molecule has 0 aromatic heterocycles. The number of hydrogen-bond donors (Lipinski definition) is 2. The molecule has 1 rings (SSSR count). The highest BCUT2D eigenvalue weighted by Crippen LogP contribution is 2.32. The van der Waals surface area contributed by atoms with E-state index in [1.165, 1.54) is 6.92 Å². The minimum atomic E-state index is -4.67. The number of rotatable bonds is 4. The summed E-state index contributed by atoms with van der Waals surface area (Å²) < 4.78 is 38.1. The normalized spacial score (nSPS) is 14.3. The zero-order chi connectivity index (χ0) is 16.2. The van der Waals surface area contributed by atoms with E-state index in [4.69, 9.17) is 5.26 Å². The Morgan fingerprint density at radius 1 is 1.38 bits per heavy atom. The predicted molar refractivity (Wildman–Crippen MR) is 70.3 cm³/mol. The van der Waals surface area contributed by atoms with Crippen molar-refractivity contribution in [2.24, 2.45) is 0 Å². The van der Waals surface area contributed by atoms with Crippen LogP contribution in [0.4, 0.5) is 13.2 Å². The van der Waals surface area contributed by atoms with Gasteiger partial charge in [-0.3, -0.25) is 4.79 Å². The fourth-order valence-electron chi connectivity index (χ4n) is 1.57. The largest absolute Gasteiger partial charge is 0.416 e. The van der Waals surface area contributed by atoms with Crippen LogP contribution < -0.4 is 0 Å². The molecule has 21 heavy (non-hydrogen) atoms. The predicted octanol–water partition coefficient (Wildman–Crippen LogP) is 2.25. The van der Waals surface area contributed by atoms with Crippen molar-refractivity contribution < 1.29 is 28.2 Å². The van der Waals surface area contributed by atoms with E-state index in [1.807, 2.05) is 0 Å². The maximum absolute atomic E-state index is 12.7. The van der Waals surface area contributed by atoms with Crippen LogP contribution in [0.5, 0.6) is 0 Å². The zero-order valence-corrected chi connectivity index (χ0v) is 11.7. The molecular weight excluding hydrogens is 307 g/mol. The van der Waals surface area contributed by atoms with Crippen molar-refractivity contribution in [3.8, 4) is 6.07 Å². The first-order valence-electron chi connectivity index (χ1n) is 5.77. The highest BCUT2D eigenvalue weighted by Gasteiger charge is 2.32. The molecule has 114 valence electrons. The van der Waals surface area contributed by atoms with Gasteiger partial charge in [0, 0.05) is 12.7 Å². The Morgan fingerprint density at radius 3 is 2.48 bits per heavy atom. The molecule has 0 aliphatic heterocycles. The Balaban J connectivity index is 3.06. The zero-order valence-electron chi connectivity index (χ0n) is 10.9. The van der Waals surface area contributed by atoms with E-state index >= 15 is 0 Å². The minimum absolute atomic E-state index is 0.158. The summed E-state index contributed by atoms with van der Waals surface area (Å²) in [5.74, 6) is -0.158. The average molecular weight is 319 g/mol. The van der Waals surface area contributed by atoms with Crippen LogP contribution in [0.15, 0.2) is 18.2 Å². The first-order chi connectivity index (χ1) is 9.65. The van der Waals surface area contributed by atoms with Gasteiger partial charge in [-0.2, -0.15) is 18.4 Å². The molecule has 1 aromatic carbocycles. The van der Waals surface area contributed by atoms with E-state index in [-0.39, 0.29) is 22.0 Å². The second kappa shape index (κ2) is 6.93. The van der Waals surface area contributed by atoms with E-state index in [0.29, 0.717) is 12.1 Å².